The van der Waals surface area contributed by atoms with Crippen molar-refractivity contribution in [1.82, 2.24) is 25.0 Å². The molecule has 10 heteroatoms. The zero-order valence-electron chi connectivity index (χ0n) is 15.8. The molecule has 0 aliphatic heterocycles. The smallest absolute Gasteiger partial charge is 0.221 e. The second-order valence-corrected chi connectivity index (χ2v) is 8.47. The lowest BCUT2D eigenvalue weighted by Crippen LogP contribution is -2.06. The number of benzene rings is 1. The van der Waals surface area contributed by atoms with Gasteiger partial charge < -0.3 is 15.6 Å². The molecule has 0 amide bonds. The van der Waals surface area contributed by atoms with Crippen LogP contribution < -0.4 is 10.5 Å². The van der Waals surface area contributed by atoms with Gasteiger partial charge in [0.05, 0.1) is 35.1 Å². The summed E-state index contributed by atoms with van der Waals surface area (Å²) in [6.07, 6.45) is 1.96. The Balaban J connectivity index is 1.66. The lowest BCUT2D eigenvalue weighted by molar-refractivity contribution is 0.195. The van der Waals surface area contributed by atoms with Crippen molar-refractivity contribution in [1.29, 1.82) is 0 Å². The molecule has 0 bridgehead atoms. The van der Waals surface area contributed by atoms with E-state index in [0.717, 1.165) is 31.6 Å². The van der Waals surface area contributed by atoms with Crippen molar-refractivity contribution in [3.05, 3.63) is 45.4 Å². The van der Waals surface area contributed by atoms with E-state index in [0.29, 0.717) is 24.4 Å². The van der Waals surface area contributed by atoms with Crippen LogP contribution >= 0.6 is 27.3 Å². The van der Waals surface area contributed by atoms with Crippen LogP contribution in [-0.4, -0.2) is 43.3 Å². The number of aromatic nitrogens is 5. The Kier molecular flexibility index (Phi) is 5.48. The third kappa shape index (κ3) is 4.24. The predicted octanol–water partition coefficient (Wildman–Crippen LogP) is 3.27. The number of nitrogens with zero attached hydrogens (tertiary/aromatic N) is 5. The summed E-state index contributed by atoms with van der Waals surface area (Å²) < 4.78 is 8.91. The van der Waals surface area contributed by atoms with E-state index in [1.54, 1.807) is 18.7 Å². The molecule has 29 heavy (non-hydrogen) atoms. The topological polar surface area (TPSA) is 112 Å². The summed E-state index contributed by atoms with van der Waals surface area (Å²) in [6, 6.07) is 5.91. The Morgan fingerprint density at radius 3 is 2.83 bits per heavy atom. The van der Waals surface area contributed by atoms with Gasteiger partial charge in [-0.05, 0) is 52.5 Å². The number of halogens is 1. The minimum absolute atomic E-state index is 0.191. The molecule has 4 aromatic rings. The van der Waals surface area contributed by atoms with Crippen molar-refractivity contribution in [3.63, 3.8) is 0 Å². The van der Waals surface area contributed by atoms with Crippen LogP contribution in [0.15, 0.2) is 34.2 Å². The number of thiophene rings is 1. The first kappa shape index (κ1) is 19.7. The zero-order valence-corrected chi connectivity index (χ0v) is 18.2. The van der Waals surface area contributed by atoms with Crippen molar-refractivity contribution in [3.8, 4) is 17.1 Å². The van der Waals surface area contributed by atoms with E-state index in [2.05, 4.69) is 36.2 Å². The highest BCUT2D eigenvalue weighted by atomic mass is 79.9. The number of ether oxygens (including phenoxy) is 1. The van der Waals surface area contributed by atoms with Gasteiger partial charge >= 0.3 is 0 Å². The molecule has 0 aliphatic carbocycles. The monoisotopic (exact) mass is 474 g/mol. The van der Waals surface area contributed by atoms with Crippen LogP contribution in [0.3, 0.4) is 0 Å². The second kappa shape index (κ2) is 8.05. The van der Waals surface area contributed by atoms with Crippen LogP contribution in [0.2, 0.25) is 0 Å². The Morgan fingerprint density at radius 2 is 2.07 bits per heavy atom. The van der Waals surface area contributed by atoms with Crippen molar-refractivity contribution in [2.24, 2.45) is 0 Å². The number of methoxy groups -OCH3 is 1. The molecule has 150 valence electrons. The predicted molar refractivity (Wildman–Crippen MR) is 116 cm³/mol. The van der Waals surface area contributed by atoms with E-state index >= 15 is 0 Å². The molecule has 3 aromatic heterocycles. The molecule has 0 radical (unpaired) electrons. The minimum Gasteiger partial charge on any atom is -0.497 e. The molecule has 4 rings (SSSR count). The van der Waals surface area contributed by atoms with E-state index in [9.17, 15) is 5.11 Å². The number of fused-ring (bicyclic) bond motifs is 1. The molecule has 1 atom stereocenters. The highest BCUT2D eigenvalue weighted by Crippen LogP contribution is 2.35. The number of aliphatic hydroxyl groups excluding tert-OH is 1. The molecule has 1 unspecified atom stereocenters. The quantitative estimate of drug-likeness (QED) is 0.440. The minimum atomic E-state index is -0.427. The number of aliphatic hydroxyl groups is 1. The molecule has 1 aromatic carbocycles. The molecule has 0 aliphatic rings. The normalized spacial score (nSPS) is 12.4. The molecule has 3 heterocycles. The summed E-state index contributed by atoms with van der Waals surface area (Å²) in [5.74, 6) is 0.934. The van der Waals surface area contributed by atoms with Crippen molar-refractivity contribution < 1.29 is 9.84 Å². The number of anilines is 1. The number of hydrogen-bond donors (Lipinski definition) is 2. The van der Waals surface area contributed by atoms with Crippen LogP contribution in [0.25, 0.3) is 21.6 Å². The van der Waals surface area contributed by atoms with Crippen LogP contribution in [-0.2, 0) is 13.0 Å². The first-order valence-electron chi connectivity index (χ1n) is 8.88. The van der Waals surface area contributed by atoms with Crippen LogP contribution in [0, 0.1) is 0 Å². The van der Waals surface area contributed by atoms with Crippen LogP contribution in [0.4, 0.5) is 5.95 Å². The third-order valence-corrected chi connectivity index (χ3v) is 6.19. The molecular weight excluding hydrogens is 456 g/mol. The highest BCUT2D eigenvalue weighted by molar-refractivity contribution is 9.10. The van der Waals surface area contributed by atoms with E-state index in [4.69, 9.17) is 10.5 Å². The van der Waals surface area contributed by atoms with Gasteiger partial charge in [-0.25, -0.2) is 14.6 Å². The van der Waals surface area contributed by atoms with Gasteiger partial charge in [0.15, 0.2) is 0 Å². The molecule has 0 saturated heterocycles. The van der Waals surface area contributed by atoms with Crippen LogP contribution in [0.1, 0.15) is 18.1 Å². The molecule has 8 nitrogen and oxygen atoms in total. The van der Waals surface area contributed by atoms with Gasteiger partial charge in [0.1, 0.15) is 22.7 Å². The summed E-state index contributed by atoms with van der Waals surface area (Å²) in [7, 11) is 1.63. The molecule has 0 fully saturated rings. The van der Waals surface area contributed by atoms with Gasteiger partial charge in [0, 0.05) is 5.38 Å². The maximum absolute atomic E-state index is 9.70. The van der Waals surface area contributed by atoms with Gasteiger partial charge in [-0.3, -0.25) is 0 Å². The second-order valence-electron chi connectivity index (χ2n) is 6.74. The first-order chi connectivity index (χ1) is 13.9. The Morgan fingerprint density at radius 1 is 1.28 bits per heavy atom. The van der Waals surface area contributed by atoms with Crippen molar-refractivity contribution in [2.75, 3.05) is 12.8 Å². The lowest BCUT2D eigenvalue weighted by Gasteiger charge is -2.10. The molecule has 0 spiro atoms. The molecule has 3 N–H and O–H groups in total. The summed E-state index contributed by atoms with van der Waals surface area (Å²) in [4.78, 5) is 8.66. The lowest BCUT2D eigenvalue weighted by atomic mass is 10.0. The molecular formula is C19H19BrN6O2S. The Labute approximate surface area is 179 Å². The summed E-state index contributed by atoms with van der Waals surface area (Å²) in [6.45, 7) is 2.27. The number of rotatable bonds is 6. The van der Waals surface area contributed by atoms with Crippen LogP contribution in [0.5, 0.6) is 5.75 Å². The van der Waals surface area contributed by atoms with E-state index in [1.807, 2.05) is 29.8 Å². The van der Waals surface area contributed by atoms with Crippen molar-refractivity contribution in [2.45, 2.75) is 26.0 Å². The SMILES string of the molecule is COc1cc(CC(C)O)cc(Cn2cc(-c3nc(N)nc4c(Br)csc34)nn2)c1. The summed E-state index contributed by atoms with van der Waals surface area (Å²) >= 11 is 5.01. The maximum Gasteiger partial charge on any atom is 0.221 e. The zero-order chi connectivity index (χ0) is 20.5. The maximum atomic E-state index is 9.70. The highest BCUT2D eigenvalue weighted by Gasteiger charge is 2.16. The van der Waals surface area contributed by atoms with Gasteiger partial charge in [-0.1, -0.05) is 11.3 Å². The van der Waals surface area contributed by atoms with Crippen molar-refractivity contribution >= 4 is 43.4 Å². The van der Waals surface area contributed by atoms with Gasteiger partial charge in [-0.15, -0.1) is 16.4 Å². The third-order valence-electron chi connectivity index (χ3n) is 4.31. The van der Waals surface area contributed by atoms with Gasteiger partial charge in [-0.2, -0.15) is 0 Å². The molecule has 0 saturated carbocycles. The summed E-state index contributed by atoms with van der Waals surface area (Å²) in [5.41, 5.74) is 9.95. The number of hydrogen-bond acceptors (Lipinski definition) is 8. The fourth-order valence-corrected chi connectivity index (χ4v) is 4.71. The van der Waals surface area contributed by atoms with Gasteiger partial charge in [0.2, 0.25) is 5.95 Å². The van der Waals surface area contributed by atoms with Gasteiger partial charge in [0.25, 0.3) is 0 Å². The summed E-state index contributed by atoms with van der Waals surface area (Å²) in [5, 5.41) is 20.2. The first-order valence-corrected chi connectivity index (χ1v) is 10.6. The fourth-order valence-electron chi connectivity index (χ4n) is 3.15. The number of nitrogens with two attached hydrogens (primary N) is 1. The largest absolute Gasteiger partial charge is 0.497 e. The fraction of sp³-hybridized carbons (Fsp3) is 0.263. The van der Waals surface area contributed by atoms with E-state index < -0.39 is 6.10 Å². The average molecular weight is 475 g/mol. The Hall–Kier alpha value is -2.56. The number of nitrogen functional groups attached to an aromatic ring is 1. The van der Waals surface area contributed by atoms with E-state index in [1.165, 1.54) is 11.3 Å². The average Bonchev–Trinajstić information content (AvgIpc) is 3.27. The van der Waals surface area contributed by atoms with E-state index in [-0.39, 0.29) is 5.95 Å². The Bertz CT molecular complexity index is 1170. The standard InChI is InChI=1S/C19H19BrN6O2S/c1-10(27)3-11-4-12(6-13(5-11)28-2)7-26-8-15(24-25-26)17-18-16(14(20)9-29-18)22-19(21)23-17/h4-6,8-10,27H,3,7H2,1-2H3,(H2,21,22,23).